The van der Waals surface area contributed by atoms with Crippen LogP contribution in [0.25, 0.3) is 0 Å². The van der Waals surface area contributed by atoms with Crippen molar-refractivity contribution in [1.29, 1.82) is 0 Å². The third kappa shape index (κ3) is 6.85. The molecule has 0 radical (unpaired) electrons. The predicted octanol–water partition coefficient (Wildman–Crippen LogP) is 5.72. The summed E-state index contributed by atoms with van der Waals surface area (Å²) < 4.78 is 5.27. The van der Waals surface area contributed by atoms with Gasteiger partial charge in [-0.1, -0.05) is 56.3 Å². The minimum absolute atomic E-state index is 0. The van der Waals surface area contributed by atoms with Crippen LogP contribution in [-0.4, -0.2) is 73.5 Å². The minimum Gasteiger partial charge on any atom is -0.497 e. The first-order chi connectivity index (χ1) is 17.5. The molecule has 0 N–H and O–H groups in total. The zero-order chi connectivity index (χ0) is 25.1. The van der Waals surface area contributed by atoms with E-state index >= 15 is 0 Å². The van der Waals surface area contributed by atoms with Gasteiger partial charge in [-0.2, -0.15) is 0 Å². The average Bonchev–Trinajstić information content (AvgIpc) is 3.42. The molecule has 0 aliphatic carbocycles. The summed E-state index contributed by atoms with van der Waals surface area (Å²) in [5.41, 5.74) is 2.53. The topological polar surface area (TPSA) is 36.0 Å². The molecule has 3 heterocycles. The number of likely N-dealkylation sites (tertiary alicyclic amines) is 3. The Morgan fingerprint density at radius 1 is 0.895 bits per heavy atom. The number of hydrogen-bond acceptors (Lipinski definition) is 4. The lowest BCUT2D eigenvalue weighted by Gasteiger charge is -2.39. The summed E-state index contributed by atoms with van der Waals surface area (Å²) in [6, 6.07) is 19.3. The maximum absolute atomic E-state index is 13.5. The fourth-order valence-electron chi connectivity index (χ4n) is 6.84. The number of ether oxygens (including phenoxy) is 1. The molecule has 2 aromatic carbocycles. The van der Waals surface area contributed by atoms with Crippen LogP contribution in [0.2, 0.25) is 0 Å². The van der Waals surface area contributed by atoms with Gasteiger partial charge in [-0.25, -0.2) is 0 Å². The van der Waals surface area contributed by atoms with E-state index in [4.69, 9.17) is 4.74 Å². The number of rotatable bonds is 8. The molecule has 5 nitrogen and oxygen atoms in total. The number of carbonyl (C=O) groups is 1. The fraction of sp³-hybridized carbons (Fsp3) is 0.581. The van der Waals surface area contributed by atoms with E-state index < -0.39 is 0 Å². The molecule has 2 atom stereocenters. The highest BCUT2D eigenvalue weighted by molar-refractivity contribution is 5.86. The largest absolute Gasteiger partial charge is 0.497 e. The van der Waals surface area contributed by atoms with Gasteiger partial charge in [-0.3, -0.25) is 4.79 Å². The van der Waals surface area contributed by atoms with Crippen molar-refractivity contribution in [2.45, 2.75) is 45.6 Å². The number of carbonyl (C=O) groups excluding carboxylic acids is 1. The van der Waals surface area contributed by atoms with Crippen molar-refractivity contribution >= 4 is 30.7 Å². The Bertz CT molecular complexity index is 1010. The number of halogens is 2. The van der Waals surface area contributed by atoms with Crippen molar-refractivity contribution in [2.24, 2.45) is 17.3 Å². The highest BCUT2D eigenvalue weighted by atomic mass is 35.5. The van der Waals surface area contributed by atoms with Gasteiger partial charge in [-0.05, 0) is 67.4 Å². The lowest BCUT2D eigenvalue weighted by molar-refractivity contribution is -0.139. The molecule has 0 bridgehead atoms. The number of piperidine rings is 1. The molecule has 7 heteroatoms. The van der Waals surface area contributed by atoms with Crippen molar-refractivity contribution in [2.75, 3.05) is 52.9 Å². The Balaban J connectivity index is 0.00000200. The Hall–Kier alpha value is -1.79. The van der Waals surface area contributed by atoms with E-state index in [9.17, 15) is 4.79 Å². The van der Waals surface area contributed by atoms with Gasteiger partial charge in [0.1, 0.15) is 5.75 Å². The molecule has 0 aromatic heterocycles. The highest BCUT2D eigenvalue weighted by Crippen LogP contribution is 2.43. The van der Waals surface area contributed by atoms with Crippen molar-refractivity contribution in [3.05, 3.63) is 65.7 Å². The number of amides is 1. The van der Waals surface area contributed by atoms with Crippen LogP contribution >= 0.6 is 24.8 Å². The molecule has 38 heavy (non-hydrogen) atoms. The molecule has 2 aromatic rings. The molecular weight excluding hydrogens is 517 g/mol. The molecule has 3 aliphatic heterocycles. The van der Waals surface area contributed by atoms with Gasteiger partial charge in [0.15, 0.2) is 0 Å². The van der Waals surface area contributed by atoms with Gasteiger partial charge in [0.2, 0.25) is 5.91 Å². The van der Waals surface area contributed by atoms with Gasteiger partial charge >= 0.3 is 0 Å². The normalized spacial score (nSPS) is 23.5. The van der Waals surface area contributed by atoms with Gasteiger partial charge in [0.25, 0.3) is 0 Å². The fourth-order valence-corrected chi connectivity index (χ4v) is 6.84. The molecule has 3 aliphatic rings. The van der Waals surface area contributed by atoms with E-state index in [-0.39, 0.29) is 30.2 Å². The van der Waals surface area contributed by atoms with E-state index in [0.29, 0.717) is 30.2 Å². The molecule has 3 saturated heterocycles. The van der Waals surface area contributed by atoms with Crippen LogP contribution in [0.5, 0.6) is 5.75 Å². The van der Waals surface area contributed by atoms with E-state index in [1.54, 1.807) is 7.11 Å². The van der Waals surface area contributed by atoms with Crippen LogP contribution in [-0.2, 0) is 11.3 Å². The lowest BCUT2D eigenvalue weighted by atomic mass is 9.76. The Morgan fingerprint density at radius 3 is 2.18 bits per heavy atom. The smallest absolute Gasteiger partial charge is 0.229 e. The quantitative estimate of drug-likeness (QED) is 0.412. The second-order valence-electron chi connectivity index (χ2n) is 11.8. The first-order valence-electron chi connectivity index (χ1n) is 13.9. The van der Waals surface area contributed by atoms with Crippen LogP contribution in [0.15, 0.2) is 54.6 Å². The van der Waals surface area contributed by atoms with Gasteiger partial charge in [-0.15, -0.1) is 24.8 Å². The first-order valence-corrected chi connectivity index (χ1v) is 13.9. The molecule has 1 spiro atoms. The third-order valence-corrected chi connectivity index (χ3v) is 8.81. The minimum atomic E-state index is -0.138. The molecule has 5 rings (SSSR count). The van der Waals surface area contributed by atoms with Crippen LogP contribution in [0.3, 0.4) is 0 Å². The van der Waals surface area contributed by atoms with E-state index in [2.05, 4.69) is 71.0 Å². The molecule has 1 amide bonds. The van der Waals surface area contributed by atoms with Crippen LogP contribution in [0.4, 0.5) is 0 Å². The van der Waals surface area contributed by atoms with Crippen molar-refractivity contribution in [3.8, 4) is 5.75 Å². The molecule has 0 saturated carbocycles. The van der Waals surface area contributed by atoms with Crippen molar-refractivity contribution in [3.63, 3.8) is 0 Å². The lowest BCUT2D eigenvalue weighted by Crippen LogP contribution is -2.46. The number of hydrogen-bond donors (Lipinski definition) is 0. The zero-order valence-corrected chi connectivity index (χ0v) is 24.8. The van der Waals surface area contributed by atoms with Crippen molar-refractivity contribution in [1.82, 2.24) is 14.7 Å². The van der Waals surface area contributed by atoms with E-state index in [1.807, 2.05) is 12.1 Å². The predicted molar refractivity (Wildman–Crippen MR) is 160 cm³/mol. The van der Waals surface area contributed by atoms with Crippen molar-refractivity contribution < 1.29 is 9.53 Å². The molecule has 3 fully saturated rings. The Morgan fingerprint density at radius 2 is 1.55 bits per heavy atom. The first kappa shape index (κ1) is 30.7. The highest BCUT2D eigenvalue weighted by Gasteiger charge is 2.48. The average molecular weight is 563 g/mol. The van der Waals surface area contributed by atoms with E-state index in [0.717, 1.165) is 51.2 Å². The summed E-state index contributed by atoms with van der Waals surface area (Å²) in [6.07, 6.45) is 3.01. The van der Waals surface area contributed by atoms with E-state index in [1.165, 1.54) is 30.8 Å². The summed E-state index contributed by atoms with van der Waals surface area (Å²) in [5.74, 6) is 3.20. The standard InChI is InChI=1S/C31H43N3O2.2ClH/c1-24(2)19-33-22-27(29(23-33)26-7-5-4-6-8-26)21-32-16-13-31(14-17-32)15-18-34(30(31)35)20-25-9-11-28(36-3)12-10-25;;/h4-12,24,27,29H,13-23H2,1-3H3;2*1H. The second-order valence-corrected chi connectivity index (χ2v) is 11.8. The summed E-state index contributed by atoms with van der Waals surface area (Å²) >= 11 is 0. The van der Waals surface area contributed by atoms with Gasteiger partial charge < -0.3 is 19.4 Å². The van der Waals surface area contributed by atoms with Gasteiger partial charge in [0, 0.05) is 45.2 Å². The zero-order valence-electron chi connectivity index (χ0n) is 23.2. The van der Waals surface area contributed by atoms with Gasteiger partial charge in [0.05, 0.1) is 12.5 Å². The number of nitrogens with zero attached hydrogens (tertiary/aromatic N) is 3. The maximum atomic E-state index is 13.5. The summed E-state index contributed by atoms with van der Waals surface area (Å²) in [7, 11) is 1.69. The molecule has 2 unspecified atom stereocenters. The number of methoxy groups -OCH3 is 1. The summed E-state index contributed by atoms with van der Waals surface area (Å²) in [5, 5.41) is 0. The maximum Gasteiger partial charge on any atom is 0.229 e. The monoisotopic (exact) mass is 561 g/mol. The Labute approximate surface area is 241 Å². The molecular formula is C31H45Cl2N3O2. The Kier molecular flexibility index (Phi) is 10.9. The van der Waals surface area contributed by atoms with Crippen LogP contribution < -0.4 is 4.74 Å². The number of benzene rings is 2. The summed E-state index contributed by atoms with van der Waals surface area (Å²) in [4.78, 5) is 20.9. The molecule has 210 valence electrons. The third-order valence-electron chi connectivity index (χ3n) is 8.81. The van der Waals surface area contributed by atoms with Crippen LogP contribution in [0.1, 0.15) is 50.2 Å². The van der Waals surface area contributed by atoms with Crippen LogP contribution in [0, 0.1) is 17.3 Å². The second kappa shape index (κ2) is 13.5. The summed E-state index contributed by atoms with van der Waals surface area (Å²) in [6.45, 7) is 13.0. The SMILES string of the molecule is COc1ccc(CN2CCC3(CCN(CC4CN(CC(C)C)CC4c4ccccc4)CC3)C2=O)cc1.Cl.Cl.